The third-order valence-electron chi connectivity index (χ3n) is 4.70. The van der Waals surface area contributed by atoms with E-state index in [1.54, 1.807) is 27.7 Å². The second-order valence-corrected chi connectivity index (χ2v) is 8.29. The van der Waals surface area contributed by atoms with Crippen LogP contribution in [0.4, 0.5) is 11.6 Å². The van der Waals surface area contributed by atoms with Crippen LogP contribution in [0.15, 0.2) is 12.1 Å². The summed E-state index contributed by atoms with van der Waals surface area (Å²) in [5.74, 6) is -3.22. The van der Waals surface area contributed by atoms with Crippen LogP contribution in [0.1, 0.15) is 55.6 Å². The minimum absolute atomic E-state index is 0.0171. The number of aromatic nitrogens is 4. The number of aromatic amines is 2. The van der Waals surface area contributed by atoms with E-state index in [0.29, 0.717) is 0 Å². The number of nitrogens with two attached hydrogens (primary N) is 1. The van der Waals surface area contributed by atoms with Gasteiger partial charge in [0.2, 0.25) is 17.7 Å². The normalized spacial score (nSPS) is 12.7. The molecular formula is C20H29N9O5. The van der Waals surface area contributed by atoms with E-state index >= 15 is 0 Å². The molecule has 184 valence electrons. The summed E-state index contributed by atoms with van der Waals surface area (Å²) >= 11 is 0. The van der Waals surface area contributed by atoms with Crippen molar-refractivity contribution in [1.82, 2.24) is 31.0 Å². The van der Waals surface area contributed by atoms with Gasteiger partial charge >= 0.3 is 0 Å². The van der Waals surface area contributed by atoms with E-state index in [9.17, 15) is 24.0 Å². The number of primary amides is 1. The van der Waals surface area contributed by atoms with Gasteiger partial charge in [-0.1, -0.05) is 27.7 Å². The molecule has 0 spiro atoms. The van der Waals surface area contributed by atoms with Gasteiger partial charge in [-0.15, -0.1) is 0 Å². The Bertz CT molecular complexity index is 1070. The van der Waals surface area contributed by atoms with Crippen molar-refractivity contribution in [2.45, 2.75) is 46.7 Å². The number of rotatable bonds is 10. The summed E-state index contributed by atoms with van der Waals surface area (Å²) < 4.78 is 0. The third kappa shape index (κ3) is 6.88. The van der Waals surface area contributed by atoms with Gasteiger partial charge in [0.05, 0.1) is 0 Å². The van der Waals surface area contributed by atoms with Crippen molar-refractivity contribution in [2.24, 2.45) is 17.6 Å². The highest BCUT2D eigenvalue weighted by molar-refractivity contribution is 6.01. The average Bonchev–Trinajstić information content (AvgIpc) is 3.38. The smallest absolute Gasteiger partial charge is 0.270 e. The summed E-state index contributed by atoms with van der Waals surface area (Å²) in [6.07, 6.45) is 0. The fraction of sp³-hybridized carbons (Fsp3) is 0.450. The van der Waals surface area contributed by atoms with Gasteiger partial charge in [0.1, 0.15) is 23.5 Å². The van der Waals surface area contributed by atoms with Crippen LogP contribution in [-0.4, -0.2) is 62.0 Å². The highest BCUT2D eigenvalue weighted by Crippen LogP contribution is 2.12. The molecule has 0 aromatic carbocycles. The predicted octanol–water partition coefficient (Wildman–Crippen LogP) is -0.276. The Labute approximate surface area is 195 Å². The zero-order valence-corrected chi connectivity index (χ0v) is 19.5. The highest BCUT2D eigenvalue weighted by Gasteiger charge is 2.31. The molecule has 2 aromatic heterocycles. The molecule has 0 aliphatic carbocycles. The summed E-state index contributed by atoms with van der Waals surface area (Å²) in [7, 11) is 0. The van der Waals surface area contributed by atoms with Crippen molar-refractivity contribution in [3.05, 3.63) is 23.5 Å². The van der Waals surface area contributed by atoms with Crippen LogP contribution in [0.5, 0.6) is 0 Å². The van der Waals surface area contributed by atoms with Crippen LogP contribution in [0.25, 0.3) is 0 Å². The lowest BCUT2D eigenvalue weighted by molar-refractivity contribution is -0.129. The van der Waals surface area contributed by atoms with Gasteiger partial charge in [0.25, 0.3) is 11.8 Å². The number of nitrogens with one attached hydrogen (secondary N) is 6. The first-order chi connectivity index (χ1) is 15.9. The fourth-order valence-electron chi connectivity index (χ4n) is 2.93. The van der Waals surface area contributed by atoms with E-state index in [0.717, 1.165) is 0 Å². The van der Waals surface area contributed by atoms with Crippen molar-refractivity contribution >= 4 is 41.2 Å². The van der Waals surface area contributed by atoms with Gasteiger partial charge < -0.3 is 27.0 Å². The number of nitrogens with zero attached hydrogens (tertiary/aromatic N) is 2. The molecule has 0 bridgehead atoms. The van der Waals surface area contributed by atoms with E-state index in [-0.39, 0.29) is 40.8 Å². The summed E-state index contributed by atoms with van der Waals surface area (Å²) in [6.45, 7) is 8.25. The van der Waals surface area contributed by atoms with Gasteiger partial charge in [-0.05, 0) is 11.8 Å². The van der Waals surface area contributed by atoms with Crippen LogP contribution in [0.2, 0.25) is 0 Å². The first-order valence-electron chi connectivity index (χ1n) is 10.5. The predicted molar refractivity (Wildman–Crippen MR) is 121 cm³/mol. The molecule has 34 heavy (non-hydrogen) atoms. The molecule has 2 heterocycles. The van der Waals surface area contributed by atoms with Gasteiger partial charge in [-0.3, -0.25) is 34.2 Å². The van der Waals surface area contributed by atoms with Crippen LogP contribution >= 0.6 is 0 Å². The van der Waals surface area contributed by atoms with Gasteiger partial charge in [-0.25, -0.2) is 0 Å². The van der Waals surface area contributed by atoms with Crippen molar-refractivity contribution in [2.75, 3.05) is 10.6 Å². The molecule has 8 N–H and O–H groups in total. The lowest BCUT2D eigenvalue weighted by atomic mass is 9.99. The topological polar surface area (TPSA) is 217 Å². The lowest BCUT2D eigenvalue weighted by Gasteiger charge is -2.26. The van der Waals surface area contributed by atoms with Gasteiger partial charge in [0, 0.05) is 19.1 Å². The Morgan fingerprint density at radius 2 is 1.29 bits per heavy atom. The zero-order valence-electron chi connectivity index (χ0n) is 19.5. The maximum Gasteiger partial charge on any atom is 0.270 e. The number of hydrogen-bond donors (Lipinski definition) is 7. The number of H-pyrrole nitrogens is 2. The molecule has 0 fully saturated rings. The Morgan fingerprint density at radius 3 is 1.79 bits per heavy atom. The number of carbonyl (C=O) groups excluding carboxylic acids is 5. The molecule has 14 nitrogen and oxygen atoms in total. The van der Waals surface area contributed by atoms with E-state index in [4.69, 9.17) is 5.73 Å². The summed E-state index contributed by atoms with van der Waals surface area (Å²) in [4.78, 5) is 60.7. The Hall–Kier alpha value is -4.23. The molecule has 5 amide bonds. The number of carbonyl (C=O) groups is 5. The minimum Gasteiger partial charge on any atom is -0.364 e. The molecule has 0 radical (unpaired) electrons. The monoisotopic (exact) mass is 475 g/mol. The number of amides is 5. The van der Waals surface area contributed by atoms with Crippen molar-refractivity contribution in [3.8, 4) is 0 Å². The Kier molecular flexibility index (Phi) is 8.47. The van der Waals surface area contributed by atoms with E-state index in [2.05, 4.69) is 41.7 Å². The number of anilines is 2. The summed E-state index contributed by atoms with van der Waals surface area (Å²) in [6, 6.07) is 0.676. The van der Waals surface area contributed by atoms with E-state index in [1.807, 2.05) is 0 Å². The van der Waals surface area contributed by atoms with Crippen molar-refractivity contribution < 1.29 is 24.0 Å². The second kappa shape index (κ2) is 11.1. The molecule has 14 heteroatoms. The van der Waals surface area contributed by atoms with Crippen LogP contribution in [0.3, 0.4) is 0 Å². The third-order valence-corrected chi connectivity index (χ3v) is 4.70. The van der Waals surface area contributed by atoms with Crippen LogP contribution < -0.4 is 27.0 Å². The molecular weight excluding hydrogens is 446 g/mol. The van der Waals surface area contributed by atoms with Gasteiger partial charge in [0.15, 0.2) is 11.6 Å². The first-order valence-corrected chi connectivity index (χ1v) is 10.5. The maximum absolute atomic E-state index is 13.0. The Morgan fingerprint density at radius 1 is 0.794 bits per heavy atom. The van der Waals surface area contributed by atoms with Gasteiger partial charge in [-0.2, -0.15) is 10.2 Å². The molecule has 0 aliphatic heterocycles. The maximum atomic E-state index is 13.0. The zero-order chi connectivity index (χ0) is 25.6. The average molecular weight is 476 g/mol. The molecule has 0 saturated heterocycles. The largest absolute Gasteiger partial charge is 0.364 e. The molecule has 0 unspecified atom stereocenters. The fourth-order valence-corrected chi connectivity index (χ4v) is 2.93. The van der Waals surface area contributed by atoms with E-state index < -0.39 is 35.7 Å². The van der Waals surface area contributed by atoms with Crippen LogP contribution in [0, 0.1) is 11.8 Å². The number of hydrogen-bond acceptors (Lipinski definition) is 7. The van der Waals surface area contributed by atoms with Crippen molar-refractivity contribution in [1.29, 1.82) is 0 Å². The standard InChI is InChI=1S/C20H29N9O5/c1-8(2)15(19(33)23-14-6-11(17(21)31)26-29-14)25-20(34)16(9(3)4)24-18(32)12-7-13(28-27-12)22-10(5)30/h6-9,15-16H,1-5H3,(H2,21,31)(H,24,32)(H,25,34)(H2,22,27,28,30)(H2,23,26,29,33)/t15-,16-/m0/s1. The second-order valence-electron chi connectivity index (χ2n) is 8.29. The Balaban J connectivity index is 2.09. The van der Waals surface area contributed by atoms with Crippen molar-refractivity contribution in [3.63, 3.8) is 0 Å². The summed E-state index contributed by atoms with van der Waals surface area (Å²) in [5.41, 5.74) is 5.22. The molecule has 0 aliphatic rings. The molecule has 2 atom stereocenters. The SMILES string of the molecule is CC(=O)Nc1cc(C(=O)N[C@H](C(=O)N[C@H](C(=O)Nc2cc(C(N)=O)[nH]n2)C(C)C)C(C)C)[nH]n1. The molecule has 2 aromatic rings. The van der Waals surface area contributed by atoms with Crippen LogP contribution in [-0.2, 0) is 14.4 Å². The summed E-state index contributed by atoms with van der Waals surface area (Å²) in [5, 5.41) is 22.7. The minimum atomic E-state index is -0.971. The quantitative estimate of drug-likeness (QED) is 0.243. The molecule has 0 saturated carbocycles. The van der Waals surface area contributed by atoms with E-state index in [1.165, 1.54) is 19.1 Å². The highest BCUT2D eigenvalue weighted by atomic mass is 16.2. The lowest BCUT2D eigenvalue weighted by Crippen LogP contribution is -2.55. The molecule has 2 rings (SSSR count). The first kappa shape index (κ1) is 26.0.